The molecule has 0 spiro atoms. The van der Waals surface area contributed by atoms with E-state index in [1.807, 2.05) is 0 Å². The molecular weight excluding hydrogens is 304 g/mol. The molecule has 0 rings (SSSR count). The Labute approximate surface area is 148 Å². The number of carbonyl (C=O) groups is 2. The minimum absolute atomic E-state index is 0.0659. The van der Waals surface area contributed by atoms with E-state index < -0.39 is 5.97 Å². The van der Waals surface area contributed by atoms with Crippen molar-refractivity contribution >= 4 is 11.9 Å². The Morgan fingerprint density at radius 1 is 0.667 bits per heavy atom. The lowest BCUT2D eigenvalue weighted by Crippen LogP contribution is -2.05. The lowest BCUT2D eigenvalue weighted by molar-refractivity contribution is -0.144. The first-order valence-corrected chi connectivity index (χ1v) is 10.0. The first kappa shape index (κ1) is 22.9. The summed E-state index contributed by atoms with van der Waals surface area (Å²) < 4.78 is 5.23. The summed E-state index contributed by atoms with van der Waals surface area (Å²) in [5, 5.41) is 8.52. The molecule has 0 aliphatic heterocycles. The van der Waals surface area contributed by atoms with Crippen molar-refractivity contribution in [2.24, 2.45) is 0 Å². The van der Waals surface area contributed by atoms with E-state index in [2.05, 4.69) is 6.92 Å². The number of hydrogen-bond donors (Lipinski definition) is 1. The minimum Gasteiger partial charge on any atom is -0.481 e. The molecule has 0 unspecified atom stereocenters. The molecule has 0 saturated carbocycles. The number of carbonyl (C=O) groups excluding carboxylic acids is 1. The fourth-order valence-corrected chi connectivity index (χ4v) is 2.75. The van der Waals surface area contributed by atoms with Crippen LogP contribution < -0.4 is 0 Å². The second-order valence-electron chi connectivity index (χ2n) is 6.71. The number of esters is 1. The molecular formula is C20H38O4. The molecule has 1 N–H and O–H groups in total. The van der Waals surface area contributed by atoms with E-state index in [0.29, 0.717) is 13.0 Å². The Kier molecular flexibility index (Phi) is 17.5. The fraction of sp³-hybridized carbons (Fsp3) is 0.900. The Hall–Kier alpha value is -1.06. The quantitative estimate of drug-likeness (QED) is 0.250. The summed E-state index contributed by atoms with van der Waals surface area (Å²) >= 11 is 0. The molecule has 0 heterocycles. The van der Waals surface area contributed by atoms with Crippen LogP contribution in [0.4, 0.5) is 0 Å². The standard InChI is InChI=1S/C20H38O4/c1-2-3-4-5-6-7-8-11-14-17-20(23)24-18-15-12-9-10-13-16-19(21)22/h2-18H2,1H3,(H,21,22). The van der Waals surface area contributed by atoms with Crippen LogP contribution in [-0.4, -0.2) is 23.7 Å². The molecule has 0 aliphatic rings. The predicted molar refractivity (Wildman–Crippen MR) is 98.1 cm³/mol. The van der Waals surface area contributed by atoms with Gasteiger partial charge in [-0.15, -0.1) is 0 Å². The zero-order valence-corrected chi connectivity index (χ0v) is 15.7. The molecule has 4 nitrogen and oxygen atoms in total. The van der Waals surface area contributed by atoms with Crippen LogP contribution in [0.3, 0.4) is 0 Å². The molecule has 0 atom stereocenters. The van der Waals surface area contributed by atoms with Gasteiger partial charge in [-0.3, -0.25) is 9.59 Å². The third-order valence-corrected chi connectivity index (χ3v) is 4.28. The molecule has 0 saturated heterocycles. The molecule has 0 bridgehead atoms. The van der Waals surface area contributed by atoms with Crippen molar-refractivity contribution in [1.29, 1.82) is 0 Å². The number of carboxylic acid groups (broad SMARTS) is 1. The van der Waals surface area contributed by atoms with Crippen LogP contribution in [0.15, 0.2) is 0 Å². The number of aliphatic carboxylic acids is 1. The Morgan fingerprint density at radius 3 is 1.67 bits per heavy atom. The van der Waals surface area contributed by atoms with Gasteiger partial charge in [0.15, 0.2) is 0 Å². The maximum absolute atomic E-state index is 11.6. The van der Waals surface area contributed by atoms with Gasteiger partial charge in [0.25, 0.3) is 0 Å². The van der Waals surface area contributed by atoms with Crippen molar-refractivity contribution < 1.29 is 19.4 Å². The SMILES string of the molecule is CCCCCCCCCCCC(=O)OCCCCCCCC(=O)O. The normalized spacial score (nSPS) is 10.7. The van der Waals surface area contributed by atoms with E-state index in [4.69, 9.17) is 9.84 Å². The van der Waals surface area contributed by atoms with Gasteiger partial charge in [-0.25, -0.2) is 0 Å². The number of ether oxygens (including phenoxy) is 1. The van der Waals surface area contributed by atoms with Crippen LogP contribution in [0.25, 0.3) is 0 Å². The van der Waals surface area contributed by atoms with E-state index in [1.54, 1.807) is 0 Å². The Morgan fingerprint density at radius 2 is 1.12 bits per heavy atom. The van der Waals surface area contributed by atoms with Crippen LogP contribution in [0.1, 0.15) is 110 Å². The lowest BCUT2D eigenvalue weighted by Gasteiger charge is -2.05. The van der Waals surface area contributed by atoms with Crippen LogP contribution in [0, 0.1) is 0 Å². The van der Waals surface area contributed by atoms with Gasteiger partial charge < -0.3 is 9.84 Å². The van der Waals surface area contributed by atoms with Gasteiger partial charge >= 0.3 is 11.9 Å². The number of rotatable bonds is 18. The fourth-order valence-electron chi connectivity index (χ4n) is 2.75. The molecule has 0 aromatic heterocycles. The Balaban J connectivity index is 3.17. The van der Waals surface area contributed by atoms with Gasteiger partial charge in [0.05, 0.1) is 6.61 Å². The second-order valence-corrected chi connectivity index (χ2v) is 6.71. The number of unbranched alkanes of at least 4 members (excludes halogenated alkanes) is 12. The topological polar surface area (TPSA) is 63.6 Å². The van der Waals surface area contributed by atoms with Crippen LogP contribution in [0.5, 0.6) is 0 Å². The average molecular weight is 343 g/mol. The van der Waals surface area contributed by atoms with E-state index in [9.17, 15) is 9.59 Å². The summed E-state index contributed by atoms with van der Waals surface area (Å²) in [6.07, 6.45) is 16.7. The highest BCUT2D eigenvalue weighted by Gasteiger charge is 2.02. The van der Waals surface area contributed by atoms with Crippen molar-refractivity contribution in [3.63, 3.8) is 0 Å². The van der Waals surface area contributed by atoms with Crippen molar-refractivity contribution in [3.8, 4) is 0 Å². The molecule has 0 aromatic rings. The average Bonchev–Trinajstić information content (AvgIpc) is 2.55. The minimum atomic E-state index is -0.722. The van der Waals surface area contributed by atoms with Crippen LogP contribution in [-0.2, 0) is 14.3 Å². The molecule has 142 valence electrons. The molecule has 0 fully saturated rings. The van der Waals surface area contributed by atoms with E-state index in [1.165, 1.54) is 44.9 Å². The van der Waals surface area contributed by atoms with E-state index in [-0.39, 0.29) is 12.4 Å². The highest BCUT2D eigenvalue weighted by Crippen LogP contribution is 2.11. The first-order valence-electron chi connectivity index (χ1n) is 10.0. The molecule has 0 radical (unpaired) electrons. The van der Waals surface area contributed by atoms with Gasteiger partial charge in [0, 0.05) is 12.8 Å². The summed E-state index contributed by atoms with van der Waals surface area (Å²) in [7, 11) is 0. The largest absolute Gasteiger partial charge is 0.481 e. The maximum atomic E-state index is 11.6. The molecule has 0 aliphatic carbocycles. The maximum Gasteiger partial charge on any atom is 0.305 e. The summed E-state index contributed by atoms with van der Waals surface area (Å²) in [5.74, 6) is -0.788. The first-order chi connectivity index (χ1) is 11.7. The summed E-state index contributed by atoms with van der Waals surface area (Å²) in [6, 6.07) is 0. The molecule has 0 amide bonds. The highest BCUT2D eigenvalue weighted by atomic mass is 16.5. The lowest BCUT2D eigenvalue weighted by atomic mass is 10.1. The Bertz CT molecular complexity index is 302. The van der Waals surface area contributed by atoms with Gasteiger partial charge in [0.2, 0.25) is 0 Å². The molecule has 4 heteroatoms. The monoisotopic (exact) mass is 342 g/mol. The van der Waals surface area contributed by atoms with Crippen molar-refractivity contribution in [2.45, 2.75) is 110 Å². The van der Waals surface area contributed by atoms with Crippen molar-refractivity contribution in [3.05, 3.63) is 0 Å². The van der Waals surface area contributed by atoms with Crippen molar-refractivity contribution in [2.75, 3.05) is 6.61 Å². The van der Waals surface area contributed by atoms with Crippen LogP contribution >= 0.6 is 0 Å². The second kappa shape index (κ2) is 18.3. The summed E-state index contributed by atoms with van der Waals surface area (Å²) in [4.78, 5) is 21.9. The smallest absolute Gasteiger partial charge is 0.305 e. The van der Waals surface area contributed by atoms with Crippen molar-refractivity contribution in [1.82, 2.24) is 0 Å². The van der Waals surface area contributed by atoms with E-state index in [0.717, 1.165) is 44.9 Å². The third-order valence-electron chi connectivity index (χ3n) is 4.28. The van der Waals surface area contributed by atoms with E-state index >= 15 is 0 Å². The number of hydrogen-bond acceptors (Lipinski definition) is 3. The van der Waals surface area contributed by atoms with Gasteiger partial charge in [-0.1, -0.05) is 77.6 Å². The summed E-state index contributed by atoms with van der Waals surface area (Å²) in [5.41, 5.74) is 0. The zero-order valence-electron chi connectivity index (χ0n) is 15.7. The number of carboxylic acids is 1. The zero-order chi connectivity index (χ0) is 17.9. The van der Waals surface area contributed by atoms with Gasteiger partial charge in [-0.05, 0) is 19.3 Å². The predicted octanol–water partition coefficient (Wildman–Crippen LogP) is 5.88. The van der Waals surface area contributed by atoms with Crippen LogP contribution in [0.2, 0.25) is 0 Å². The van der Waals surface area contributed by atoms with Gasteiger partial charge in [0.1, 0.15) is 0 Å². The van der Waals surface area contributed by atoms with Gasteiger partial charge in [-0.2, -0.15) is 0 Å². The molecule has 24 heavy (non-hydrogen) atoms. The third kappa shape index (κ3) is 19.0. The molecule has 0 aromatic carbocycles. The summed E-state index contributed by atoms with van der Waals surface area (Å²) in [6.45, 7) is 2.75. The highest BCUT2D eigenvalue weighted by molar-refractivity contribution is 5.69.